The zero-order chi connectivity index (χ0) is 26.5. The lowest BCUT2D eigenvalue weighted by molar-refractivity contribution is -0.123. The van der Waals surface area contributed by atoms with Gasteiger partial charge in [0.15, 0.2) is 11.5 Å². The van der Waals surface area contributed by atoms with Crippen LogP contribution in [-0.2, 0) is 17.9 Å². The van der Waals surface area contributed by atoms with Crippen LogP contribution in [0.15, 0.2) is 59.5 Å². The fourth-order valence-corrected chi connectivity index (χ4v) is 5.16. The Kier molecular flexibility index (Phi) is 8.67. The van der Waals surface area contributed by atoms with E-state index in [1.807, 2.05) is 6.92 Å². The normalized spacial score (nSPS) is 14.2. The van der Waals surface area contributed by atoms with Crippen molar-refractivity contribution in [2.45, 2.75) is 20.1 Å². The molecule has 1 aliphatic rings. The number of benzene rings is 3. The lowest BCUT2D eigenvalue weighted by atomic mass is 10.1. The molecule has 0 N–H and O–H groups in total. The zero-order valence-electron chi connectivity index (χ0n) is 19.5. The molecule has 1 aliphatic heterocycles. The minimum atomic E-state index is -0.450. The highest BCUT2D eigenvalue weighted by Gasteiger charge is 2.35. The summed E-state index contributed by atoms with van der Waals surface area (Å²) in [6, 6.07) is 17.3. The Morgan fingerprint density at radius 2 is 1.78 bits per heavy atom. The number of thioether (sulfide) groups is 1. The Morgan fingerprint density at radius 1 is 1.00 bits per heavy atom. The van der Waals surface area contributed by atoms with Gasteiger partial charge in [0, 0.05) is 15.6 Å². The van der Waals surface area contributed by atoms with Crippen molar-refractivity contribution in [3.05, 3.63) is 96.8 Å². The van der Waals surface area contributed by atoms with Crippen LogP contribution >= 0.6 is 46.6 Å². The summed E-state index contributed by atoms with van der Waals surface area (Å²) < 4.78 is 11.7. The number of nitriles is 1. The van der Waals surface area contributed by atoms with E-state index in [9.17, 15) is 14.9 Å². The minimum absolute atomic E-state index is 0.0106. The number of halogens is 3. The molecule has 37 heavy (non-hydrogen) atoms. The van der Waals surface area contributed by atoms with Crippen LogP contribution in [0, 0.1) is 11.3 Å². The number of imide groups is 1. The molecular weight excluding hydrogens is 555 g/mol. The average Bonchev–Trinajstić information content (AvgIpc) is 3.12. The zero-order valence-corrected chi connectivity index (χ0v) is 22.5. The van der Waals surface area contributed by atoms with Crippen LogP contribution in [0.25, 0.3) is 6.08 Å². The van der Waals surface area contributed by atoms with Crippen LogP contribution in [-0.4, -0.2) is 22.7 Å². The fraction of sp³-hybridized carbons (Fsp3) is 0.148. The van der Waals surface area contributed by atoms with Gasteiger partial charge in [0.05, 0.1) is 34.7 Å². The largest absolute Gasteiger partial charge is 0.490 e. The van der Waals surface area contributed by atoms with E-state index in [0.717, 1.165) is 22.2 Å². The van der Waals surface area contributed by atoms with Gasteiger partial charge in [-0.2, -0.15) is 5.26 Å². The standard InChI is InChI=1S/C27H19Cl3N2O4S/c1-2-35-23-10-16(9-22(30)25(23)36-15-19-7-8-20(28)12-21(19)29)11-24-26(33)32(27(34)37-24)14-18-6-4-3-5-17(18)13-31/h3-12H,2,14-15H2,1H3/b24-11+. The summed E-state index contributed by atoms with van der Waals surface area (Å²) in [6.07, 6.45) is 1.58. The summed E-state index contributed by atoms with van der Waals surface area (Å²) >= 11 is 19.6. The highest BCUT2D eigenvalue weighted by atomic mass is 35.5. The Labute approximate surface area is 233 Å². The van der Waals surface area contributed by atoms with Crippen LogP contribution in [0.3, 0.4) is 0 Å². The molecule has 0 unspecified atom stereocenters. The number of ether oxygens (including phenoxy) is 2. The number of amides is 2. The average molecular weight is 574 g/mol. The predicted octanol–water partition coefficient (Wildman–Crippen LogP) is 7.73. The Morgan fingerprint density at radius 3 is 2.51 bits per heavy atom. The monoisotopic (exact) mass is 572 g/mol. The summed E-state index contributed by atoms with van der Waals surface area (Å²) in [7, 11) is 0. The number of hydrogen-bond donors (Lipinski definition) is 0. The van der Waals surface area contributed by atoms with Gasteiger partial charge in [-0.1, -0.05) is 59.1 Å². The summed E-state index contributed by atoms with van der Waals surface area (Å²) in [5.74, 6) is 0.260. The van der Waals surface area contributed by atoms with Crippen LogP contribution in [0.2, 0.25) is 15.1 Å². The van der Waals surface area contributed by atoms with Gasteiger partial charge in [0.1, 0.15) is 6.61 Å². The van der Waals surface area contributed by atoms with E-state index in [2.05, 4.69) is 6.07 Å². The van der Waals surface area contributed by atoms with Crippen LogP contribution in [0.5, 0.6) is 11.5 Å². The van der Waals surface area contributed by atoms with E-state index in [4.69, 9.17) is 44.3 Å². The van der Waals surface area contributed by atoms with Gasteiger partial charge in [0.25, 0.3) is 11.1 Å². The molecule has 3 aromatic carbocycles. The minimum Gasteiger partial charge on any atom is -0.490 e. The molecule has 0 bridgehead atoms. The van der Waals surface area contributed by atoms with E-state index in [0.29, 0.717) is 44.8 Å². The number of carbonyl (C=O) groups is 2. The first-order valence-electron chi connectivity index (χ1n) is 11.1. The van der Waals surface area contributed by atoms with Crippen molar-refractivity contribution < 1.29 is 19.1 Å². The maximum atomic E-state index is 13.0. The molecule has 2 amide bonds. The molecule has 0 aromatic heterocycles. The Balaban J connectivity index is 1.57. The first-order valence-corrected chi connectivity index (χ1v) is 13.0. The highest BCUT2D eigenvalue weighted by Crippen LogP contribution is 2.40. The van der Waals surface area contributed by atoms with Gasteiger partial charge >= 0.3 is 0 Å². The molecular formula is C27H19Cl3N2O4S. The second-order valence-electron chi connectivity index (χ2n) is 7.82. The first kappa shape index (κ1) is 26.9. The third-order valence-corrected chi connectivity index (χ3v) is 7.13. The van der Waals surface area contributed by atoms with Gasteiger partial charge in [-0.15, -0.1) is 0 Å². The summed E-state index contributed by atoms with van der Waals surface area (Å²) in [6.45, 7) is 2.33. The molecule has 1 saturated heterocycles. The van der Waals surface area contributed by atoms with E-state index in [1.165, 1.54) is 0 Å². The van der Waals surface area contributed by atoms with Crippen LogP contribution in [0.1, 0.15) is 29.2 Å². The van der Waals surface area contributed by atoms with Crippen LogP contribution in [0.4, 0.5) is 4.79 Å². The highest BCUT2D eigenvalue weighted by molar-refractivity contribution is 8.18. The quantitative estimate of drug-likeness (QED) is 0.257. The summed E-state index contributed by atoms with van der Waals surface area (Å²) in [4.78, 5) is 27.0. The van der Waals surface area contributed by atoms with Gasteiger partial charge in [-0.25, -0.2) is 0 Å². The van der Waals surface area contributed by atoms with Gasteiger partial charge in [-0.05, 0) is 66.2 Å². The molecule has 4 rings (SSSR count). The van der Waals surface area contributed by atoms with Gasteiger partial charge in [0.2, 0.25) is 0 Å². The molecule has 1 heterocycles. The molecule has 0 atom stereocenters. The van der Waals surface area contributed by atoms with Crippen molar-refractivity contribution in [3.63, 3.8) is 0 Å². The molecule has 6 nitrogen and oxygen atoms in total. The molecule has 188 valence electrons. The van der Waals surface area contributed by atoms with Crippen LogP contribution < -0.4 is 9.47 Å². The number of carbonyl (C=O) groups excluding carboxylic acids is 2. The molecule has 0 saturated carbocycles. The molecule has 0 spiro atoms. The predicted molar refractivity (Wildman–Crippen MR) is 146 cm³/mol. The van der Waals surface area contributed by atoms with Crippen molar-refractivity contribution >= 4 is 63.8 Å². The van der Waals surface area contributed by atoms with Crippen molar-refractivity contribution in [2.24, 2.45) is 0 Å². The topological polar surface area (TPSA) is 79.6 Å². The van der Waals surface area contributed by atoms with Crippen molar-refractivity contribution in [1.29, 1.82) is 5.26 Å². The third-order valence-electron chi connectivity index (χ3n) is 5.36. The Hall–Kier alpha value is -3.15. The van der Waals surface area contributed by atoms with Crippen molar-refractivity contribution in [3.8, 4) is 17.6 Å². The van der Waals surface area contributed by atoms with E-state index >= 15 is 0 Å². The molecule has 10 heteroatoms. The maximum Gasteiger partial charge on any atom is 0.293 e. The molecule has 0 radical (unpaired) electrons. The van der Waals surface area contributed by atoms with Crippen molar-refractivity contribution in [1.82, 2.24) is 4.90 Å². The first-order chi connectivity index (χ1) is 17.8. The SMILES string of the molecule is CCOc1cc(/C=C2/SC(=O)N(Cc3ccccc3C#N)C2=O)cc(Cl)c1OCc1ccc(Cl)cc1Cl. The second-order valence-corrected chi connectivity index (χ2v) is 10.1. The maximum absolute atomic E-state index is 13.0. The van der Waals surface area contributed by atoms with E-state index in [1.54, 1.807) is 60.7 Å². The van der Waals surface area contributed by atoms with Gasteiger partial charge < -0.3 is 9.47 Å². The third kappa shape index (κ3) is 6.23. The number of hydrogen-bond acceptors (Lipinski definition) is 6. The van der Waals surface area contributed by atoms with Crippen molar-refractivity contribution in [2.75, 3.05) is 6.61 Å². The van der Waals surface area contributed by atoms with E-state index < -0.39 is 11.1 Å². The second kappa shape index (κ2) is 11.9. The Bertz CT molecular complexity index is 1450. The van der Waals surface area contributed by atoms with E-state index in [-0.39, 0.29) is 23.1 Å². The number of rotatable bonds is 8. The lowest BCUT2D eigenvalue weighted by Crippen LogP contribution is -2.27. The summed E-state index contributed by atoms with van der Waals surface area (Å²) in [5.41, 5.74) is 2.29. The van der Waals surface area contributed by atoms with Gasteiger partial charge in [-0.3, -0.25) is 14.5 Å². The molecule has 1 fully saturated rings. The number of nitrogens with zero attached hydrogens (tertiary/aromatic N) is 2. The molecule has 3 aromatic rings. The smallest absolute Gasteiger partial charge is 0.293 e. The molecule has 0 aliphatic carbocycles. The summed E-state index contributed by atoms with van der Waals surface area (Å²) in [5, 5.41) is 10.1. The fourth-order valence-electron chi connectivity index (χ4n) is 3.59. The lowest BCUT2D eigenvalue weighted by Gasteiger charge is -2.15.